The average molecular weight is 277 g/mol. The van der Waals surface area contributed by atoms with Crippen molar-refractivity contribution in [2.45, 2.75) is 25.8 Å². The zero-order chi connectivity index (χ0) is 14.3. The maximum absolute atomic E-state index is 13.7. The van der Waals surface area contributed by atoms with Crippen LogP contribution in [0.5, 0.6) is 0 Å². The summed E-state index contributed by atoms with van der Waals surface area (Å²) >= 11 is 0. The van der Waals surface area contributed by atoms with Gasteiger partial charge in [0.2, 0.25) is 0 Å². The lowest BCUT2D eigenvalue weighted by molar-refractivity contribution is 0.0620. The molecule has 0 saturated carbocycles. The van der Waals surface area contributed by atoms with Crippen LogP contribution in [0.25, 0.3) is 0 Å². The van der Waals surface area contributed by atoms with Gasteiger partial charge in [0.1, 0.15) is 5.82 Å². The lowest BCUT2D eigenvalue weighted by Gasteiger charge is -2.44. The Morgan fingerprint density at radius 3 is 2.65 bits per heavy atom. The van der Waals surface area contributed by atoms with Crippen molar-refractivity contribution in [3.63, 3.8) is 0 Å². The highest BCUT2D eigenvalue weighted by molar-refractivity contribution is 5.95. The van der Waals surface area contributed by atoms with Gasteiger partial charge in [-0.2, -0.15) is 0 Å². The summed E-state index contributed by atoms with van der Waals surface area (Å²) in [5.74, 6) is -0.102. The molecular formula is C15H20FN3O. The van der Waals surface area contributed by atoms with Gasteiger partial charge in [0, 0.05) is 29.4 Å². The lowest BCUT2D eigenvalue weighted by Crippen LogP contribution is -2.57. The Morgan fingerprint density at radius 2 is 2.10 bits per heavy atom. The zero-order valence-corrected chi connectivity index (χ0v) is 11.7. The van der Waals surface area contributed by atoms with E-state index in [2.05, 4.69) is 10.2 Å². The van der Waals surface area contributed by atoms with Crippen LogP contribution >= 0.6 is 0 Å². The molecule has 5 heteroatoms. The van der Waals surface area contributed by atoms with Gasteiger partial charge in [0.25, 0.3) is 5.91 Å². The average Bonchev–Trinajstić information content (AvgIpc) is 2.45. The molecule has 3 saturated heterocycles. The molecule has 3 aliphatic heterocycles. The quantitative estimate of drug-likeness (QED) is 0.806. The molecule has 1 aromatic rings. The summed E-state index contributed by atoms with van der Waals surface area (Å²) in [6.07, 6.45) is 2.27. The fraction of sp³-hybridized carbons (Fsp3) is 0.533. The Morgan fingerprint density at radius 1 is 1.40 bits per heavy atom. The third kappa shape index (κ3) is 2.38. The fourth-order valence-corrected chi connectivity index (χ4v) is 3.21. The Labute approximate surface area is 118 Å². The van der Waals surface area contributed by atoms with E-state index in [1.54, 1.807) is 13.0 Å². The summed E-state index contributed by atoms with van der Waals surface area (Å²) < 4.78 is 13.7. The fourth-order valence-electron chi connectivity index (χ4n) is 3.21. The number of anilines is 1. The van der Waals surface area contributed by atoms with Gasteiger partial charge in [0.15, 0.2) is 0 Å². The monoisotopic (exact) mass is 277 g/mol. The van der Waals surface area contributed by atoms with Crippen LogP contribution in [0.3, 0.4) is 0 Å². The molecule has 0 radical (unpaired) electrons. The van der Waals surface area contributed by atoms with E-state index >= 15 is 0 Å². The number of nitrogens with zero attached hydrogens (tertiary/aromatic N) is 1. The van der Waals surface area contributed by atoms with Crippen LogP contribution in [-0.2, 0) is 0 Å². The Bertz CT molecular complexity index is 515. The molecule has 1 aromatic carbocycles. The predicted molar refractivity (Wildman–Crippen MR) is 76.0 cm³/mol. The molecule has 4 rings (SSSR count). The zero-order valence-electron chi connectivity index (χ0n) is 11.7. The summed E-state index contributed by atoms with van der Waals surface area (Å²) in [6.45, 7) is 4.77. The van der Waals surface area contributed by atoms with Gasteiger partial charge in [-0.15, -0.1) is 0 Å². The largest absolute Gasteiger partial charge is 0.398 e. The van der Waals surface area contributed by atoms with Crippen molar-refractivity contribution in [3.05, 3.63) is 29.1 Å². The first-order valence-corrected chi connectivity index (χ1v) is 7.13. The molecule has 2 bridgehead atoms. The van der Waals surface area contributed by atoms with E-state index in [4.69, 9.17) is 5.73 Å². The molecule has 4 nitrogen and oxygen atoms in total. The molecule has 3 N–H and O–H groups in total. The number of carbonyl (C=O) groups is 1. The number of rotatable bonds is 2. The second-order valence-corrected chi connectivity index (χ2v) is 5.89. The normalized spacial score (nSPS) is 28.4. The number of hydrogen-bond acceptors (Lipinski definition) is 3. The van der Waals surface area contributed by atoms with Crippen molar-refractivity contribution < 1.29 is 9.18 Å². The topological polar surface area (TPSA) is 58.4 Å². The minimum Gasteiger partial charge on any atom is -0.398 e. The van der Waals surface area contributed by atoms with Crippen LogP contribution in [0.15, 0.2) is 12.1 Å². The maximum atomic E-state index is 13.7. The molecular weight excluding hydrogens is 257 g/mol. The first-order chi connectivity index (χ1) is 9.54. The van der Waals surface area contributed by atoms with Crippen molar-refractivity contribution in [1.82, 2.24) is 10.2 Å². The summed E-state index contributed by atoms with van der Waals surface area (Å²) in [7, 11) is 0. The van der Waals surface area contributed by atoms with Crippen LogP contribution in [0.2, 0.25) is 0 Å². The van der Waals surface area contributed by atoms with Crippen molar-refractivity contribution in [2.75, 3.05) is 25.4 Å². The number of fused-ring (bicyclic) bond motifs is 3. The van der Waals surface area contributed by atoms with E-state index < -0.39 is 5.82 Å². The maximum Gasteiger partial charge on any atom is 0.251 e. The molecule has 3 heterocycles. The number of hydrogen-bond donors (Lipinski definition) is 2. The molecule has 108 valence electrons. The smallest absolute Gasteiger partial charge is 0.251 e. The Balaban J connectivity index is 1.73. The van der Waals surface area contributed by atoms with Gasteiger partial charge in [-0.05, 0) is 50.9 Å². The molecule has 20 heavy (non-hydrogen) atoms. The minimum absolute atomic E-state index is 0.176. The molecule has 0 spiro atoms. The number of benzene rings is 1. The Hall–Kier alpha value is -1.62. The van der Waals surface area contributed by atoms with Gasteiger partial charge < -0.3 is 16.0 Å². The van der Waals surface area contributed by atoms with Gasteiger partial charge in [-0.25, -0.2) is 4.39 Å². The van der Waals surface area contributed by atoms with Crippen molar-refractivity contribution >= 4 is 11.6 Å². The van der Waals surface area contributed by atoms with Crippen LogP contribution in [-0.4, -0.2) is 36.5 Å². The molecule has 0 aliphatic carbocycles. The lowest BCUT2D eigenvalue weighted by atomic mass is 9.84. The molecule has 1 atom stereocenters. The minimum atomic E-state index is -0.427. The van der Waals surface area contributed by atoms with Crippen molar-refractivity contribution in [3.8, 4) is 0 Å². The standard InChI is InChI=1S/C15H20FN3O/c1-9-12(16)6-11(7-13(9)17)15(20)18-14-8-19-4-2-10(14)3-5-19/h6-7,10,14H,2-5,8,17H2,1H3,(H,18,20). The van der Waals surface area contributed by atoms with Gasteiger partial charge in [0.05, 0.1) is 0 Å². The van der Waals surface area contributed by atoms with Crippen LogP contribution < -0.4 is 11.1 Å². The van der Waals surface area contributed by atoms with E-state index in [-0.39, 0.29) is 11.9 Å². The second-order valence-electron chi connectivity index (χ2n) is 5.89. The van der Waals surface area contributed by atoms with E-state index in [1.807, 2.05) is 0 Å². The van der Waals surface area contributed by atoms with Crippen molar-refractivity contribution in [2.24, 2.45) is 5.92 Å². The third-order valence-electron chi connectivity index (χ3n) is 4.62. The molecule has 3 aliphatic rings. The molecule has 0 aromatic heterocycles. The van der Waals surface area contributed by atoms with Gasteiger partial charge in [-0.3, -0.25) is 4.79 Å². The summed E-state index contributed by atoms with van der Waals surface area (Å²) in [5, 5.41) is 3.04. The highest BCUT2D eigenvalue weighted by Gasteiger charge is 2.35. The number of nitrogens with one attached hydrogen (secondary N) is 1. The van der Waals surface area contributed by atoms with Gasteiger partial charge >= 0.3 is 0 Å². The predicted octanol–water partition coefficient (Wildman–Crippen LogP) is 1.54. The number of amides is 1. The summed E-state index contributed by atoms with van der Waals surface area (Å²) in [6, 6.07) is 2.99. The van der Waals surface area contributed by atoms with E-state index in [0.717, 1.165) is 32.5 Å². The number of carbonyl (C=O) groups excluding carboxylic acids is 1. The van der Waals surface area contributed by atoms with Crippen molar-refractivity contribution in [1.29, 1.82) is 0 Å². The molecule has 1 amide bonds. The summed E-state index contributed by atoms with van der Waals surface area (Å²) in [4.78, 5) is 14.6. The first-order valence-electron chi connectivity index (χ1n) is 7.13. The van der Waals surface area contributed by atoms with Crippen LogP contribution in [0.4, 0.5) is 10.1 Å². The number of piperidine rings is 3. The number of halogens is 1. The third-order valence-corrected chi connectivity index (χ3v) is 4.62. The number of nitrogen functional groups attached to an aromatic ring is 1. The SMILES string of the molecule is Cc1c(N)cc(C(=O)NC2CN3CCC2CC3)cc1F. The van der Waals surface area contributed by atoms with Gasteiger partial charge in [-0.1, -0.05) is 0 Å². The summed E-state index contributed by atoms with van der Waals surface area (Å²) in [5.41, 5.74) is 6.75. The second kappa shape index (κ2) is 5.05. The Kier molecular flexibility index (Phi) is 3.38. The first kappa shape index (κ1) is 13.4. The highest BCUT2D eigenvalue weighted by atomic mass is 19.1. The molecule has 3 fully saturated rings. The van der Waals surface area contributed by atoms with E-state index in [1.165, 1.54) is 6.07 Å². The number of nitrogens with two attached hydrogens (primary N) is 1. The highest BCUT2D eigenvalue weighted by Crippen LogP contribution is 2.28. The van der Waals surface area contributed by atoms with E-state index in [9.17, 15) is 9.18 Å². The van der Waals surface area contributed by atoms with Crippen LogP contribution in [0, 0.1) is 18.7 Å². The van der Waals surface area contributed by atoms with E-state index in [0.29, 0.717) is 22.7 Å². The molecule has 1 unspecified atom stereocenters. The van der Waals surface area contributed by atoms with Crippen LogP contribution in [0.1, 0.15) is 28.8 Å².